The Morgan fingerprint density at radius 2 is 1.39 bits per heavy atom. The molecule has 1 N–H and O–H groups in total. The van der Waals surface area contributed by atoms with Crippen LogP contribution in [0.2, 0.25) is 0 Å². The summed E-state index contributed by atoms with van der Waals surface area (Å²) in [5, 5.41) is 6.98. The average Bonchev–Trinajstić information content (AvgIpc) is 2.78. The number of likely N-dealkylation sites (tertiary alicyclic amines) is 1. The van der Waals surface area contributed by atoms with Gasteiger partial charge in [-0.3, -0.25) is 5.41 Å². The maximum absolute atomic E-state index is 13.6. The van der Waals surface area contributed by atoms with Gasteiger partial charge in [-0.25, -0.2) is 0 Å². The summed E-state index contributed by atoms with van der Waals surface area (Å²) >= 11 is 1.77. The summed E-state index contributed by atoms with van der Waals surface area (Å²) in [6.45, 7) is -0.200. The number of nitrogens with one attached hydrogen (secondary N) is 1. The molecule has 1 saturated heterocycles. The lowest BCUT2D eigenvalue weighted by atomic mass is 9.88. The van der Waals surface area contributed by atoms with Crippen molar-refractivity contribution >= 4 is 28.9 Å². The van der Waals surface area contributed by atoms with Crippen LogP contribution in [0.3, 0.4) is 0 Å². The quantitative estimate of drug-likeness (QED) is 0.201. The number of halogens is 10. The lowest BCUT2D eigenvalue weighted by molar-refractivity contribution is -0.397. The summed E-state index contributed by atoms with van der Waals surface area (Å²) in [6.07, 6.45) is -7.83. The van der Waals surface area contributed by atoms with Crippen molar-refractivity contribution in [3.63, 3.8) is 0 Å². The van der Waals surface area contributed by atoms with E-state index in [-0.39, 0.29) is 17.5 Å². The van der Waals surface area contributed by atoms with Gasteiger partial charge in [0, 0.05) is 23.9 Å². The molecule has 0 aliphatic carbocycles. The molecule has 1 aliphatic heterocycles. The van der Waals surface area contributed by atoms with E-state index in [1.54, 1.807) is 22.6 Å². The lowest BCUT2D eigenvalue weighted by Gasteiger charge is -2.35. The van der Waals surface area contributed by atoms with Gasteiger partial charge in [0.25, 0.3) is 0 Å². The van der Waals surface area contributed by atoms with Crippen molar-refractivity contribution in [2.45, 2.75) is 30.4 Å². The predicted molar refractivity (Wildman–Crippen MR) is 71.7 cm³/mol. The molecule has 1 heterocycles. The molecule has 0 aromatic heterocycles. The molecule has 2 nitrogen and oxygen atoms in total. The second-order valence-electron chi connectivity index (χ2n) is 5.31. The van der Waals surface area contributed by atoms with E-state index in [0.29, 0.717) is 0 Å². The molecule has 0 radical (unpaired) electrons. The fourth-order valence-corrected chi connectivity index (χ4v) is 3.35. The molecule has 1 aliphatic rings. The smallest absolute Gasteiger partial charge is 0.363 e. The highest BCUT2D eigenvalue weighted by molar-refractivity contribution is 14.1. The second-order valence-corrected chi connectivity index (χ2v) is 6.19. The molecule has 0 bridgehead atoms. The minimum Gasteiger partial charge on any atom is -0.363 e. The summed E-state index contributed by atoms with van der Waals surface area (Å²) in [6, 6.07) is 0. The number of hydrogen-bond acceptors (Lipinski definition) is 1. The third kappa shape index (κ3) is 3.65. The van der Waals surface area contributed by atoms with Crippen molar-refractivity contribution in [3.05, 3.63) is 0 Å². The molecule has 0 aromatic rings. The van der Waals surface area contributed by atoms with E-state index in [1.165, 1.54) is 4.90 Å². The van der Waals surface area contributed by atoms with Crippen LogP contribution in [0, 0.1) is 17.2 Å². The monoisotopic (exact) mass is 470 g/mol. The first kappa shape index (κ1) is 20.6. The van der Waals surface area contributed by atoms with E-state index in [9.17, 15) is 39.5 Å². The molecule has 136 valence electrons. The van der Waals surface area contributed by atoms with Gasteiger partial charge in [0.1, 0.15) is 0 Å². The zero-order chi connectivity index (χ0) is 18.3. The van der Waals surface area contributed by atoms with Gasteiger partial charge in [0.05, 0.1) is 6.34 Å². The molecule has 0 spiro atoms. The Hall–Kier alpha value is -0.430. The second kappa shape index (κ2) is 6.47. The normalized spacial score (nSPS) is 24.2. The highest BCUT2D eigenvalue weighted by Crippen LogP contribution is 2.55. The third-order valence-corrected chi connectivity index (χ3v) is 4.85. The van der Waals surface area contributed by atoms with Crippen LogP contribution < -0.4 is 0 Å². The number of hydrogen-bond donors (Lipinski definition) is 1. The summed E-state index contributed by atoms with van der Waals surface area (Å²) < 4.78 is 116. The topological polar surface area (TPSA) is 27.1 Å². The SMILES string of the molecule is N=CN1C[C@H](CI)[C@H](CC(F)(F)C(F)(F)C(F)(F)C(F)(F)F)C1. The van der Waals surface area contributed by atoms with E-state index in [0.717, 1.165) is 6.34 Å². The van der Waals surface area contributed by atoms with Crippen LogP contribution >= 0.6 is 22.6 Å². The Kier molecular flexibility index (Phi) is 5.80. The van der Waals surface area contributed by atoms with Crippen molar-refractivity contribution in [2.24, 2.45) is 11.8 Å². The summed E-state index contributed by atoms with van der Waals surface area (Å²) in [7, 11) is 0. The van der Waals surface area contributed by atoms with Crippen LogP contribution in [0.25, 0.3) is 0 Å². The molecule has 0 amide bonds. The molecular weight excluding hydrogens is 458 g/mol. The fraction of sp³-hybridized carbons (Fsp3) is 0.909. The van der Waals surface area contributed by atoms with Gasteiger partial charge in [-0.05, 0) is 11.8 Å². The number of nitrogens with zero attached hydrogens (tertiary/aromatic N) is 1. The molecule has 12 heteroatoms. The molecule has 1 fully saturated rings. The van der Waals surface area contributed by atoms with E-state index >= 15 is 0 Å². The van der Waals surface area contributed by atoms with E-state index < -0.39 is 42.2 Å². The van der Waals surface area contributed by atoms with Crippen molar-refractivity contribution in [2.75, 3.05) is 17.5 Å². The van der Waals surface area contributed by atoms with Crippen molar-refractivity contribution in [3.8, 4) is 0 Å². The summed E-state index contributed by atoms with van der Waals surface area (Å²) in [4.78, 5) is 1.21. The average molecular weight is 470 g/mol. The van der Waals surface area contributed by atoms with Crippen LogP contribution in [0.15, 0.2) is 0 Å². The minimum absolute atomic E-state index is 0.0778. The van der Waals surface area contributed by atoms with Gasteiger partial charge >= 0.3 is 23.9 Å². The van der Waals surface area contributed by atoms with Crippen LogP contribution in [0.1, 0.15) is 6.42 Å². The Morgan fingerprint density at radius 3 is 1.78 bits per heavy atom. The molecule has 0 aromatic carbocycles. The van der Waals surface area contributed by atoms with E-state index in [2.05, 4.69) is 0 Å². The van der Waals surface area contributed by atoms with E-state index in [4.69, 9.17) is 5.41 Å². The van der Waals surface area contributed by atoms with E-state index in [1.807, 2.05) is 0 Å². The van der Waals surface area contributed by atoms with Crippen LogP contribution in [-0.2, 0) is 0 Å². The highest BCUT2D eigenvalue weighted by Gasteiger charge is 2.81. The zero-order valence-corrected chi connectivity index (χ0v) is 13.4. The van der Waals surface area contributed by atoms with Gasteiger partial charge in [0.15, 0.2) is 0 Å². The van der Waals surface area contributed by atoms with Crippen molar-refractivity contribution < 1.29 is 39.5 Å². The maximum Gasteiger partial charge on any atom is 0.460 e. The van der Waals surface area contributed by atoms with Gasteiger partial charge in [-0.15, -0.1) is 0 Å². The Morgan fingerprint density at radius 1 is 0.913 bits per heavy atom. The maximum atomic E-state index is 13.6. The standard InChI is InChI=1S/C11H12F9IN2/c12-8(13,9(14,15)10(16,17)11(18,19)20)1-6-3-23(5-22)4-7(6)2-21/h5-7,22H,1-4H2/t6-,7+/m1/s1. The molecule has 1 rings (SSSR count). The molecule has 0 unspecified atom stereocenters. The predicted octanol–water partition coefficient (Wildman–Crippen LogP) is 4.43. The highest BCUT2D eigenvalue weighted by atomic mass is 127. The molecule has 23 heavy (non-hydrogen) atoms. The zero-order valence-electron chi connectivity index (χ0n) is 11.3. The first-order valence-corrected chi connectivity index (χ1v) is 7.74. The Bertz CT molecular complexity index is 438. The largest absolute Gasteiger partial charge is 0.460 e. The van der Waals surface area contributed by atoms with Gasteiger partial charge in [0.2, 0.25) is 0 Å². The Labute approximate surface area is 139 Å². The first-order valence-electron chi connectivity index (χ1n) is 6.22. The summed E-state index contributed by atoms with van der Waals surface area (Å²) in [5.74, 6) is -20.8. The fourth-order valence-electron chi connectivity index (χ4n) is 2.35. The molecule has 2 atom stereocenters. The van der Waals surface area contributed by atoms with Crippen LogP contribution in [-0.4, -0.2) is 52.7 Å². The third-order valence-electron chi connectivity index (χ3n) is 3.71. The van der Waals surface area contributed by atoms with Crippen LogP contribution in [0.5, 0.6) is 0 Å². The number of rotatable bonds is 6. The first-order chi connectivity index (χ1) is 10.2. The Balaban J connectivity index is 3.03. The summed E-state index contributed by atoms with van der Waals surface area (Å²) in [5.41, 5.74) is 0. The number of alkyl halides is 10. The van der Waals surface area contributed by atoms with Crippen molar-refractivity contribution in [1.82, 2.24) is 4.90 Å². The molecule has 0 saturated carbocycles. The van der Waals surface area contributed by atoms with Gasteiger partial charge in [-0.1, -0.05) is 22.6 Å². The minimum atomic E-state index is -6.84. The molecular formula is C11H12F9IN2. The van der Waals surface area contributed by atoms with Crippen LogP contribution in [0.4, 0.5) is 39.5 Å². The van der Waals surface area contributed by atoms with Crippen molar-refractivity contribution in [1.29, 1.82) is 5.41 Å². The van der Waals surface area contributed by atoms with Gasteiger partial charge in [-0.2, -0.15) is 39.5 Å². The van der Waals surface area contributed by atoms with Gasteiger partial charge < -0.3 is 4.90 Å². The lowest BCUT2D eigenvalue weighted by Crippen LogP contribution is -2.61.